The van der Waals surface area contributed by atoms with Gasteiger partial charge in [0.15, 0.2) is 11.9 Å². The number of aliphatic carboxylic acids is 1. The monoisotopic (exact) mass is 224 g/mol. The lowest BCUT2D eigenvalue weighted by molar-refractivity contribution is -0.146. The van der Waals surface area contributed by atoms with Crippen molar-refractivity contribution < 1.29 is 24.9 Å². The van der Waals surface area contributed by atoms with Crippen molar-refractivity contribution in [2.75, 3.05) is 0 Å². The Hall–Kier alpha value is -1.88. The SMILES string of the molecule is CCC(=O)c1cc(C(O)C(=O)O)ccc1O. The molecule has 5 nitrogen and oxygen atoms in total. The van der Waals surface area contributed by atoms with Crippen LogP contribution in [0.25, 0.3) is 0 Å². The third-order valence-electron chi connectivity index (χ3n) is 2.19. The molecule has 1 aromatic carbocycles. The minimum Gasteiger partial charge on any atom is -0.507 e. The number of ketones is 1. The maximum absolute atomic E-state index is 11.4. The summed E-state index contributed by atoms with van der Waals surface area (Å²) >= 11 is 0. The third kappa shape index (κ3) is 2.38. The van der Waals surface area contributed by atoms with Crippen LogP contribution in [0, 0.1) is 0 Å². The molecule has 0 radical (unpaired) electrons. The molecule has 0 bridgehead atoms. The molecule has 0 aromatic heterocycles. The van der Waals surface area contributed by atoms with E-state index in [0.29, 0.717) is 0 Å². The molecule has 1 rings (SSSR count). The van der Waals surface area contributed by atoms with Crippen LogP contribution in [0.3, 0.4) is 0 Å². The van der Waals surface area contributed by atoms with Crippen molar-refractivity contribution in [3.8, 4) is 5.75 Å². The highest BCUT2D eigenvalue weighted by Gasteiger charge is 2.18. The fraction of sp³-hybridized carbons (Fsp3) is 0.273. The van der Waals surface area contributed by atoms with E-state index < -0.39 is 12.1 Å². The van der Waals surface area contributed by atoms with E-state index in [4.69, 9.17) is 5.11 Å². The Balaban J connectivity index is 3.17. The number of phenolic OH excluding ortho intramolecular Hbond substituents is 1. The highest BCUT2D eigenvalue weighted by Crippen LogP contribution is 2.23. The van der Waals surface area contributed by atoms with Gasteiger partial charge in [0, 0.05) is 6.42 Å². The zero-order chi connectivity index (χ0) is 12.3. The number of aliphatic hydroxyl groups excluding tert-OH is 1. The highest BCUT2D eigenvalue weighted by molar-refractivity contribution is 5.98. The summed E-state index contributed by atoms with van der Waals surface area (Å²) in [5, 5.41) is 27.3. The molecule has 16 heavy (non-hydrogen) atoms. The topological polar surface area (TPSA) is 94.8 Å². The minimum atomic E-state index is -1.69. The number of rotatable bonds is 4. The van der Waals surface area contributed by atoms with Gasteiger partial charge in [0.2, 0.25) is 0 Å². The molecular weight excluding hydrogens is 212 g/mol. The molecule has 0 aliphatic rings. The molecule has 0 saturated carbocycles. The van der Waals surface area contributed by atoms with Crippen LogP contribution < -0.4 is 0 Å². The quantitative estimate of drug-likeness (QED) is 0.666. The van der Waals surface area contributed by atoms with Gasteiger partial charge in [0.25, 0.3) is 0 Å². The van der Waals surface area contributed by atoms with Crippen molar-refractivity contribution in [3.05, 3.63) is 29.3 Å². The summed E-state index contributed by atoms with van der Waals surface area (Å²) in [5.41, 5.74) is 0.0994. The summed E-state index contributed by atoms with van der Waals surface area (Å²) in [7, 11) is 0. The van der Waals surface area contributed by atoms with Crippen LogP contribution >= 0.6 is 0 Å². The average molecular weight is 224 g/mol. The van der Waals surface area contributed by atoms with E-state index in [0.717, 1.165) is 0 Å². The molecule has 0 saturated heterocycles. The van der Waals surface area contributed by atoms with Crippen LogP contribution in [0.5, 0.6) is 5.75 Å². The first-order valence-corrected chi connectivity index (χ1v) is 4.74. The van der Waals surface area contributed by atoms with Crippen molar-refractivity contribution in [2.45, 2.75) is 19.4 Å². The minimum absolute atomic E-state index is 0.0281. The van der Waals surface area contributed by atoms with Crippen LogP contribution in [-0.4, -0.2) is 27.1 Å². The van der Waals surface area contributed by atoms with Gasteiger partial charge in [-0.05, 0) is 17.7 Å². The Morgan fingerprint density at radius 3 is 2.50 bits per heavy atom. The number of carboxylic acids is 1. The van der Waals surface area contributed by atoms with Gasteiger partial charge in [0.05, 0.1) is 5.56 Å². The van der Waals surface area contributed by atoms with Gasteiger partial charge in [-0.2, -0.15) is 0 Å². The molecule has 0 aliphatic carbocycles. The molecule has 1 unspecified atom stereocenters. The van der Waals surface area contributed by atoms with Gasteiger partial charge >= 0.3 is 5.97 Å². The molecular formula is C11H12O5. The number of phenols is 1. The molecule has 0 aliphatic heterocycles. The normalized spacial score (nSPS) is 12.1. The largest absolute Gasteiger partial charge is 0.507 e. The fourth-order valence-electron chi connectivity index (χ4n) is 1.28. The van der Waals surface area contributed by atoms with Gasteiger partial charge in [-0.1, -0.05) is 13.0 Å². The second-order valence-corrected chi connectivity index (χ2v) is 3.29. The summed E-state index contributed by atoms with van der Waals surface area (Å²) in [6.45, 7) is 1.63. The third-order valence-corrected chi connectivity index (χ3v) is 2.19. The average Bonchev–Trinajstić information content (AvgIpc) is 2.27. The van der Waals surface area contributed by atoms with Gasteiger partial charge < -0.3 is 15.3 Å². The molecule has 5 heteroatoms. The first-order chi connectivity index (χ1) is 7.47. The molecule has 0 heterocycles. The summed E-state index contributed by atoms with van der Waals surface area (Å²) in [5.74, 6) is -1.93. The number of aliphatic hydroxyl groups is 1. The molecule has 0 amide bonds. The lowest BCUT2D eigenvalue weighted by Gasteiger charge is -2.08. The van der Waals surface area contributed by atoms with Gasteiger partial charge in [-0.3, -0.25) is 4.79 Å². The Kier molecular flexibility index (Phi) is 3.63. The van der Waals surface area contributed by atoms with Crippen molar-refractivity contribution in [3.63, 3.8) is 0 Å². The lowest BCUT2D eigenvalue weighted by atomic mass is 10.0. The molecule has 0 fully saturated rings. The van der Waals surface area contributed by atoms with Crippen molar-refractivity contribution in [2.24, 2.45) is 0 Å². The summed E-state index contributed by atoms with van der Waals surface area (Å²) in [6, 6.07) is 3.66. The number of carboxylic acid groups (broad SMARTS) is 1. The van der Waals surface area contributed by atoms with Crippen LogP contribution in [-0.2, 0) is 4.79 Å². The number of benzene rings is 1. The van der Waals surface area contributed by atoms with E-state index in [1.54, 1.807) is 6.92 Å². The lowest BCUT2D eigenvalue weighted by Crippen LogP contribution is -2.11. The summed E-state index contributed by atoms with van der Waals surface area (Å²) in [6.07, 6.45) is -1.50. The zero-order valence-corrected chi connectivity index (χ0v) is 8.67. The van der Waals surface area contributed by atoms with Crippen molar-refractivity contribution in [1.82, 2.24) is 0 Å². The predicted molar refractivity (Wildman–Crippen MR) is 55.3 cm³/mol. The van der Waals surface area contributed by atoms with Crippen LogP contribution in [0.1, 0.15) is 35.4 Å². The Bertz CT molecular complexity index is 424. The summed E-state index contributed by atoms with van der Waals surface area (Å²) in [4.78, 5) is 21.9. The number of aromatic hydroxyl groups is 1. The van der Waals surface area contributed by atoms with Gasteiger partial charge in [-0.15, -0.1) is 0 Å². The van der Waals surface area contributed by atoms with Gasteiger partial charge in [-0.25, -0.2) is 4.79 Å². The number of carbonyl (C=O) groups is 2. The highest BCUT2D eigenvalue weighted by atomic mass is 16.4. The summed E-state index contributed by atoms with van der Waals surface area (Å²) < 4.78 is 0. The van der Waals surface area contributed by atoms with Gasteiger partial charge in [0.1, 0.15) is 5.75 Å². The van der Waals surface area contributed by atoms with Crippen molar-refractivity contribution >= 4 is 11.8 Å². The van der Waals surface area contributed by atoms with E-state index in [1.807, 2.05) is 0 Å². The molecule has 1 atom stereocenters. The molecule has 3 N–H and O–H groups in total. The second-order valence-electron chi connectivity index (χ2n) is 3.29. The van der Waals surface area contributed by atoms with Crippen LogP contribution in [0.4, 0.5) is 0 Å². The number of Topliss-reactive ketones (excluding diaryl/α,β-unsaturated/α-hetero) is 1. The standard InChI is InChI=1S/C11H12O5/c1-2-8(12)7-5-6(3-4-9(7)13)10(14)11(15)16/h3-5,10,13-14H,2H2,1H3,(H,15,16). The number of hydrogen-bond donors (Lipinski definition) is 3. The van der Waals surface area contributed by atoms with Crippen LogP contribution in [0.2, 0.25) is 0 Å². The smallest absolute Gasteiger partial charge is 0.337 e. The molecule has 86 valence electrons. The van der Waals surface area contributed by atoms with E-state index in [-0.39, 0.29) is 29.1 Å². The first kappa shape index (κ1) is 12.2. The first-order valence-electron chi connectivity index (χ1n) is 4.74. The zero-order valence-electron chi connectivity index (χ0n) is 8.67. The fourth-order valence-corrected chi connectivity index (χ4v) is 1.28. The molecule has 1 aromatic rings. The second kappa shape index (κ2) is 4.76. The maximum Gasteiger partial charge on any atom is 0.337 e. The Morgan fingerprint density at radius 2 is 2.00 bits per heavy atom. The molecule has 0 spiro atoms. The van der Waals surface area contributed by atoms with E-state index in [1.165, 1.54) is 18.2 Å². The Morgan fingerprint density at radius 1 is 1.38 bits per heavy atom. The Labute approximate surface area is 92.0 Å². The van der Waals surface area contributed by atoms with E-state index in [2.05, 4.69) is 0 Å². The van der Waals surface area contributed by atoms with E-state index in [9.17, 15) is 19.8 Å². The van der Waals surface area contributed by atoms with E-state index >= 15 is 0 Å². The predicted octanol–water partition coefficient (Wildman–Crippen LogP) is 1.10. The van der Waals surface area contributed by atoms with Crippen LogP contribution in [0.15, 0.2) is 18.2 Å². The number of carbonyl (C=O) groups excluding carboxylic acids is 1. The maximum atomic E-state index is 11.4. The number of hydrogen-bond acceptors (Lipinski definition) is 4. The van der Waals surface area contributed by atoms with Crippen molar-refractivity contribution in [1.29, 1.82) is 0 Å².